The van der Waals surface area contributed by atoms with E-state index in [1.165, 1.54) is 48.5 Å². The zero-order chi connectivity index (χ0) is 27.7. The third kappa shape index (κ3) is 5.96. The molecule has 0 aliphatic heterocycles. The van der Waals surface area contributed by atoms with Crippen LogP contribution in [0.2, 0.25) is 0 Å². The van der Waals surface area contributed by atoms with Crippen molar-refractivity contribution >= 4 is 70.5 Å². The highest BCUT2D eigenvalue weighted by molar-refractivity contribution is 7.86. The van der Waals surface area contributed by atoms with Gasteiger partial charge in [0.05, 0.1) is 26.9 Å². The summed E-state index contributed by atoms with van der Waals surface area (Å²) in [5.41, 5.74) is 6.43. The molecule has 0 bridgehead atoms. The van der Waals surface area contributed by atoms with Crippen molar-refractivity contribution in [3.05, 3.63) is 72.8 Å². The fraction of sp³-hybridized carbons (Fsp3) is 0. The highest BCUT2D eigenvalue weighted by Crippen LogP contribution is 2.36. The number of benzene rings is 4. The van der Waals surface area contributed by atoms with Crippen LogP contribution >= 0.6 is 0 Å². The molecule has 1 unspecified atom stereocenters. The lowest BCUT2D eigenvalue weighted by molar-refractivity contribution is 0.481. The van der Waals surface area contributed by atoms with Gasteiger partial charge in [-0.1, -0.05) is 12.1 Å². The summed E-state index contributed by atoms with van der Waals surface area (Å²) in [6, 6.07) is 15.9. The monoisotopic (exact) mass is 575 g/mol. The summed E-state index contributed by atoms with van der Waals surface area (Å²) in [5.74, 6) is 0. The van der Waals surface area contributed by atoms with Crippen LogP contribution in [0.1, 0.15) is 0 Å². The average Bonchev–Trinajstić information content (AvgIpc) is 2.86. The van der Waals surface area contributed by atoms with E-state index in [1.807, 2.05) is 0 Å². The summed E-state index contributed by atoms with van der Waals surface area (Å²) in [7, 11) is -9.15. The molecule has 1 atom stereocenters. The molecule has 0 saturated carbocycles. The fourth-order valence-corrected chi connectivity index (χ4v) is 5.10. The van der Waals surface area contributed by atoms with Gasteiger partial charge < -0.3 is 10.3 Å². The van der Waals surface area contributed by atoms with Crippen LogP contribution in [0.25, 0.3) is 10.8 Å². The summed E-state index contributed by atoms with van der Waals surface area (Å²) in [6.07, 6.45) is 0. The van der Waals surface area contributed by atoms with Gasteiger partial charge in [-0.05, 0) is 60.7 Å². The lowest BCUT2D eigenvalue weighted by Gasteiger charge is -2.08. The largest absolute Gasteiger partial charge is 0.398 e. The molecule has 0 amide bonds. The Hall–Kier alpha value is -3.93. The topological polar surface area (TPSA) is 221 Å². The highest BCUT2D eigenvalue weighted by atomic mass is 32.2. The van der Waals surface area contributed by atoms with E-state index in [2.05, 4.69) is 20.5 Å². The van der Waals surface area contributed by atoms with E-state index in [0.29, 0.717) is 10.8 Å². The number of hydrogen-bond donors (Lipinski definition) is 4. The number of rotatable bonds is 7. The van der Waals surface area contributed by atoms with Crippen molar-refractivity contribution in [2.75, 3.05) is 5.73 Å². The molecule has 0 aliphatic carbocycles. The predicted molar refractivity (Wildman–Crippen MR) is 138 cm³/mol. The van der Waals surface area contributed by atoms with Crippen molar-refractivity contribution < 1.29 is 34.7 Å². The van der Waals surface area contributed by atoms with Gasteiger partial charge in [0.25, 0.3) is 20.2 Å². The van der Waals surface area contributed by atoms with E-state index >= 15 is 0 Å². The number of nitrogens with zero attached hydrogens (tertiary/aromatic N) is 4. The van der Waals surface area contributed by atoms with Crippen molar-refractivity contribution in [1.82, 2.24) is 0 Å². The minimum Gasteiger partial charge on any atom is -0.398 e. The van der Waals surface area contributed by atoms with E-state index in [0.717, 1.165) is 18.2 Å². The van der Waals surface area contributed by atoms with Crippen molar-refractivity contribution in [2.45, 2.75) is 14.7 Å². The van der Waals surface area contributed by atoms with Gasteiger partial charge in [-0.3, -0.25) is 9.11 Å². The maximum absolute atomic E-state index is 12.0. The Kier molecular flexibility index (Phi) is 7.45. The van der Waals surface area contributed by atoms with Gasteiger partial charge in [-0.2, -0.15) is 27.1 Å². The zero-order valence-electron chi connectivity index (χ0n) is 18.9. The first-order chi connectivity index (χ1) is 17.8. The maximum Gasteiger partial charge on any atom is 0.296 e. The molecule has 5 N–H and O–H groups in total. The van der Waals surface area contributed by atoms with Gasteiger partial charge in [0, 0.05) is 16.5 Å². The summed E-state index contributed by atoms with van der Waals surface area (Å²) < 4.78 is 86.3. The second kappa shape index (κ2) is 10.4. The Morgan fingerprint density at radius 1 is 0.711 bits per heavy atom. The standard InChI is InChI=1S/C22H17N5O8S3/c23-17-9-11-18(16-2-1-3-20(22(16)17)36(28)29)26-27-19-10-6-14(12-21(19)38(33,34)35)25-24-13-4-7-15(8-5-13)37(30,31)32/h1-12H,23H2,(H,28,29)(H,30,31,32)(H,33,34,35). The normalized spacial score (nSPS) is 13.4. The summed E-state index contributed by atoms with van der Waals surface area (Å²) in [4.78, 5) is -0.885. The average molecular weight is 576 g/mol. The van der Waals surface area contributed by atoms with Crippen LogP contribution < -0.4 is 5.73 Å². The van der Waals surface area contributed by atoms with Crippen molar-refractivity contribution in [1.29, 1.82) is 0 Å². The molecule has 13 nitrogen and oxygen atoms in total. The molecule has 4 rings (SSSR count). The SMILES string of the molecule is Nc1ccc(N=Nc2ccc(N=Nc3ccc(S(=O)(=O)O)cc3)cc2S(=O)(=O)O)c2cccc(S(=O)O)c12. The Bertz CT molecular complexity index is 1860. The quantitative estimate of drug-likeness (QED) is 0.0966. The summed E-state index contributed by atoms with van der Waals surface area (Å²) in [6.45, 7) is 0. The number of nitrogens with two attached hydrogens (primary N) is 1. The van der Waals surface area contributed by atoms with E-state index in [9.17, 15) is 30.1 Å². The first kappa shape index (κ1) is 27.1. The Labute approximate surface area is 218 Å². The number of hydrogen-bond acceptors (Lipinski definition) is 10. The molecule has 0 radical (unpaired) electrons. The Morgan fingerprint density at radius 3 is 1.95 bits per heavy atom. The van der Waals surface area contributed by atoms with E-state index < -0.39 is 36.2 Å². The molecule has 0 saturated heterocycles. The van der Waals surface area contributed by atoms with Crippen LogP contribution in [0.15, 0.2) is 108 Å². The molecule has 0 heterocycles. The summed E-state index contributed by atoms with van der Waals surface area (Å²) in [5, 5.41) is 16.4. The van der Waals surface area contributed by atoms with Gasteiger partial charge in [0.1, 0.15) is 10.6 Å². The van der Waals surface area contributed by atoms with Crippen molar-refractivity contribution in [3.8, 4) is 0 Å². The number of nitrogen functional groups attached to an aromatic ring is 1. The van der Waals surface area contributed by atoms with E-state index in [1.54, 1.807) is 6.07 Å². The molecule has 0 spiro atoms. The maximum atomic E-state index is 12.0. The molecule has 4 aromatic rings. The second-order valence-electron chi connectivity index (χ2n) is 7.60. The molecule has 0 aromatic heterocycles. The summed E-state index contributed by atoms with van der Waals surface area (Å²) >= 11 is -2.32. The van der Waals surface area contributed by atoms with Crippen LogP contribution in [0.5, 0.6) is 0 Å². The number of azo groups is 2. The van der Waals surface area contributed by atoms with Crippen LogP contribution in [0, 0.1) is 0 Å². The second-order valence-corrected chi connectivity index (χ2v) is 11.3. The van der Waals surface area contributed by atoms with Crippen LogP contribution in [0.4, 0.5) is 28.4 Å². The fourth-order valence-electron chi connectivity index (χ4n) is 3.38. The molecule has 0 fully saturated rings. The Morgan fingerprint density at radius 2 is 1.32 bits per heavy atom. The van der Waals surface area contributed by atoms with Gasteiger partial charge in [-0.25, -0.2) is 4.21 Å². The first-order valence-electron chi connectivity index (χ1n) is 10.3. The highest BCUT2D eigenvalue weighted by Gasteiger charge is 2.17. The van der Waals surface area contributed by atoms with Crippen LogP contribution in [-0.2, 0) is 31.3 Å². The van der Waals surface area contributed by atoms with Crippen LogP contribution in [-0.4, -0.2) is 34.7 Å². The molecule has 16 heteroatoms. The molecular weight excluding hydrogens is 558 g/mol. The van der Waals surface area contributed by atoms with Gasteiger partial charge in [0.2, 0.25) is 0 Å². The van der Waals surface area contributed by atoms with E-state index in [-0.39, 0.29) is 38.2 Å². The lowest BCUT2D eigenvalue weighted by Crippen LogP contribution is -1.98. The smallest absolute Gasteiger partial charge is 0.296 e. The molecular formula is C22H17N5O8S3. The van der Waals surface area contributed by atoms with Gasteiger partial charge >= 0.3 is 0 Å². The van der Waals surface area contributed by atoms with Crippen LogP contribution in [0.3, 0.4) is 0 Å². The number of anilines is 1. The lowest BCUT2D eigenvalue weighted by atomic mass is 10.1. The first-order valence-corrected chi connectivity index (χ1v) is 14.3. The van der Waals surface area contributed by atoms with Gasteiger partial charge in [-0.15, -0.1) is 10.2 Å². The molecule has 38 heavy (non-hydrogen) atoms. The van der Waals surface area contributed by atoms with E-state index in [4.69, 9.17) is 10.3 Å². The van der Waals surface area contributed by atoms with Gasteiger partial charge in [0.15, 0.2) is 11.1 Å². The molecule has 4 aromatic carbocycles. The number of fused-ring (bicyclic) bond motifs is 1. The zero-order valence-corrected chi connectivity index (χ0v) is 21.4. The third-order valence-corrected chi connectivity index (χ3v) is 7.57. The third-order valence-electron chi connectivity index (χ3n) is 5.10. The predicted octanol–water partition coefficient (Wildman–Crippen LogP) is 5.33. The molecule has 196 valence electrons. The minimum absolute atomic E-state index is 0.0171. The Balaban J connectivity index is 1.70. The molecule has 0 aliphatic rings. The van der Waals surface area contributed by atoms with Crippen molar-refractivity contribution in [2.24, 2.45) is 20.5 Å². The van der Waals surface area contributed by atoms with Crippen molar-refractivity contribution in [3.63, 3.8) is 0 Å². The minimum atomic E-state index is -4.78.